The molecule has 0 bridgehead atoms. The molecule has 0 aliphatic heterocycles. The molecule has 2 rings (SSSR count). The molecule has 4 heteroatoms. The van der Waals surface area contributed by atoms with E-state index in [1.165, 1.54) is 0 Å². The Morgan fingerprint density at radius 3 is 2.67 bits per heavy atom. The molecular weight excluding hydrogens is 258 g/mol. The van der Waals surface area contributed by atoms with Crippen LogP contribution in [0.25, 0.3) is 11.1 Å². The average Bonchev–Trinajstić information content (AvgIpc) is 2.67. The first-order valence-corrected chi connectivity index (χ1v) is 5.14. The molecule has 0 amide bonds. The van der Waals surface area contributed by atoms with Gasteiger partial charge < -0.3 is 10.1 Å². The predicted octanol–water partition coefficient (Wildman–Crippen LogP) is 3.14. The first-order chi connectivity index (χ1) is 7.18. The molecule has 1 aromatic heterocycles. The zero-order chi connectivity index (χ0) is 10.8. The van der Waals surface area contributed by atoms with Gasteiger partial charge in [0.2, 0.25) is 0 Å². The summed E-state index contributed by atoms with van der Waals surface area (Å²) < 4.78 is 0.945. The van der Waals surface area contributed by atoms with E-state index in [2.05, 4.69) is 20.9 Å². The van der Waals surface area contributed by atoms with Crippen molar-refractivity contribution in [3.05, 3.63) is 46.7 Å². The fraction of sp³-hybridized carbons (Fsp3) is 0. The van der Waals surface area contributed by atoms with Crippen LogP contribution in [-0.4, -0.2) is 16.1 Å². The summed E-state index contributed by atoms with van der Waals surface area (Å²) in [7, 11) is 0. The standard InChI is InChI=1S/C11H8BrNO2/c12-9-4-2-1-3-8(9)7-5-10(11(14)15)13-6-7/h1-6,13H,(H,14,15). The van der Waals surface area contributed by atoms with Gasteiger partial charge in [0.15, 0.2) is 0 Å². The maximum absolute atomic E-state index is 10.7. The molecule has 0 fully saturated rings. The molecule has 0 aliphatic rings. The van der Waals surface area contributed by atoms with Crippen LogP contribution in [0.4, 0.5) is 0 Å². The maximum Gasteiger partial charge on any atom is 0.352 e. The number of aromatic nitrogens is 1. The molecule has 0 saturated carbocycles. The third-order valence-corrected chi connectivity index (χ3v) is 2.79. The third-order valence-electron chi connectivity index (χ3n) is 2.10. The van der Waals surface area contributed by atoms with Gasteiger partial charge in [-0.3, -0.25) is 0 Å². The summed E-state index contributed by atoms with van der Waals surface area (Å²) in [4.78, 5) is 13.4. The van der Waals surface area contributed by atoms with Gasteiger partial charge in [-0.2, -0.15) is 0 Å². The lowest BCUT2D eigenvalue weighted by atomic mass is 10.1. The van der Waals surface area contributed by atoms with Crippen LogP contribution in [0.3, 0.4) is 0 Å². The van der Waals surface area contributed by atoms with Gasteiger partial charge >= 0.3 is 5.97 Å². The second kappa shape index (κ2) is 3.90. The van der Waals surface area contributed by atoms with Crippen molar-refractivity contribution in [3.63, 3.8) is 0 Å². The Labute approximate surface area is 94.9 Å². The summed E-state index contributed by atoms with van der Waals surface area (Å²) in [5.41, 5.74) is 2.03. The van der Waals surface area contributed by atoms with E-state index in [1.807, 2.05) is 24.3 Å². The summed E-state index contributed by atoms with van der Waals surface area (Å²) in [5.74, 6) is -0.951. The van der Waals surface area contributed by atoms with E-state index < -0.39 is 5.97 Å². The summed E-state index contributed by atoms with van der Waals surface area (Å²) in [6.45, 7) is 0. The normalized spacial score (nSPS) is 10.2. The van der Waals surface area contributed by atoms with E-state index in [0.29, 0.717) is 0 Å². The molecule has 0 unspecified atom stereocenters. The van der Waals surface area contributed by atoms with Crippen LogP contribution in [0.15, 0.2) is 41.0 Å². The summed E-state index contributed by atoms with van der Waals surface area (Å²) >= 11 is 3.42. The smallest absolute Gasteiger partial charge is 0.352 e. The number of carbonyl (C=O) groups is 1. The highest BCUT2D eigenvalue weighted by atomic mass is 79.9. The number of nitrogens with one attached hydrogen (secondary N) is 1. The van der Waals surface area contributed by atoms with Gasteiger partial charge in [-0.1, -0.05) is 34.1 Å². The molecule has 2 N–H and O–H groups in total. The zero-order valence-corrected chi connectivity index (χ0v) is 9.28. The van der Waals surface area contributed by atoms with Gasteiger partial charge in [0.1, 0.15) is 5.69 Å². The Morgan fingerprint density at radius 1 is 1.33 bits per heavy atom. The van der Waals surface area contributed by atoms with Crippen molar-refractivity contribution >= 4 is 21.9 Å². The molecule has 0 radical (unpaired) electrons. The van der Waals surface area contributed by atoms with Gasteiger partial charge in [-0.25, -0.2) is 4.79 Å². The Kier molecular flexibility index (Phi) is 2.60. The number of rotatable bonds is 2. The molecule has 15 heavy (non-hydrogen) atoms. The monoisotopic (exact) mass is 265 g/mol. The van der Waals surface area contributed by atoms with Gasteiger partial charge in [0.25, 0.3) is 0 Å². The number of H-pyrrole nitrogens is 1. The minimum Gasteiger partial charge on any atom is -0.477 e. The number of aromatic amines is 1. The van der Waals surface area contributed by atoms with Crippen molar-refractivity contribution in [3.8, 4) is 11.1 Å². The molecule has 0 atom stereocenters. The Bertz CT molecular complexity index is 505. The third kappa shape index (κ3) is 1.94. The summed E-state index contributed by atoms with van der Waals surface area (Å²) in [6, 6.07) is 9.29. The lowest BCUT2D eigenvalue weighted by Gasteiger charge is -1.99. The number of hydrogen-bond donors (Lipinski definition) is 2. The number of carboxylic acids is 1. The van der Waals surface area contributed by atoms with E-state index in [1.54, 1.807) is 12.3 Å². The van der Waals surface area contributed by atoms with Crippen LogP contribution < -0.4 is 0 Å². The topological polar surface area (TPSA) is 53.1 Å². The minimum atomic E-state index is -0.951. The maximum atomic E-state index is 10.7. The van der Waals surface area contributed by atoms with E-state index in [9.17, 15) is 4.79 Å². The van der Waals surface area contributed by atoms with Crippen LogP contribution >= 0.6 is 15.9 Å². The van der Waals surface area contributed by atoms with Gasteiger partial charge in [0, 0.05) is 16.2 Å². The van der Waals surface area contributed by atoms with E-state index in [4.69, 9.17) is 5.11 Å². The van der Waals surface area contributed by atoms with Crippen molar-refractivity contribution in [1.82, 2.24) is 4.98 Å². The van der Waals surface area contributed by atoms with Crippen molar-refractivity contribution in [2.45, 2.75) is 0 Å². The van der Waals surface area contributed by atoms with Gasteiger partial charge in [-0.15, -0.1) is 0 Å². The van der Waals surface area contributed by atoms with E-state index in [-0.39, 0.29) is 5.69 Å². The Balaban J connectivity index is 2.46. The fourth-order valence-electron chi connectivity index (χ4n) is 1.37. The molecule has 1 aromatic carbocycles. The molecule has 3 nitrogen and oxygen atoms in total. The number of carboxylic acid groups (broad SMARTS) is 1. The van der Waals surface area contributed by atoms with Crippen molar-refractivity contribution in [2.24, 2.45) is 0 Å². The molecule has 2 aromatic rings. The number of aromatic carboxylic acids is 1. The lowest BCUT2D eigenvalue weighted by molar-refractivity contribution is 0.0691. The zero-order valence-electron chi connectivity index (χ0n) is 7.70. The van der Waals surface area contributed by atoms with E-state index >= 15 is 0 Å². The molecule has 0 saturated heterocycles. The second-order valence-electron chi connectivity index (χ2n) is 3.09. The largest absolute Gasteiger partial charge is 0.477 e. The minimum absolute atomic E-state index is 0.195. The van der Waals surface area contributed by atoms with Crippen LogP contribution in [0.1, 0.15) is 10.5 Å². The van der Waals surface area contributed by atoms with Crippen molar-refractivity contribution in [2.75, 3.05) is 0 Å². The van der Waals surface area contributed by atoms with Gasteiger partial charge in [-0.05, 0) is 17.7 Å². The van der Waals surface area contributed by atoms with Gasteiger partial charge in [0.05, 0.1) is 0 Å². The van der Waals surface area contributed by atoms with Crippen LogP contribution in [0.2, 0.25) is 0 Å². The summed E-state index contributed by atoms with van der Waals surface area (Å²) in [5, 5.41) is 8.77. The quantitative estimate of drug-likeness (QED) is 0.877. The molecule has 0 spiro atoms. The van der Waals surface area contributed by atoms with Crippen molar-refractivity contribution in [1.29, 1.82) is 0 Å². The predicted molar refractivity (Wildman–Crippen MR) is 60.9 cm³/mol. The highest BCUT2D eigenvalue weighted by Gasteiger charge is 2.08. The molecule has 76 valence electrons. The lowest BCUT2D eigenvalue weighted by Crippen LogP contribution is -1.94. The summed E-state index contributed by atoms with van der Waals surface area (Å²) in [6.07, 6.45) is 1.68. The fourth-order valence-corrected chi connectivity index (χ4v) is 1.88. The average molecular weight is 266 g/mol. The Morgan fingerprint density at radius 2 is 2.07 bits per heavy atom. The first-order valence-electron chi connectivity index (χ1n) is 4.35. The van der Waals surface area contributed by atoms with Crippen molar-refractivity contribution < 1.29 is 9.90 Å². The molecular formula is C11H8BrNO2. The SMILES string of the molecule is O=C(O)c1cc(-c2ccccc2Br)c[nH]1. The molecule has 0 aliphatic carbocycles. The second-order valence-corrected chi connectivity index (χ2v) is 3.94. The van der Waals surface area contributed by atoms with E-state index in [0.717, 1.165) is 15.6 Å². The number of hydrogen-bond acceptors (Lipinski definition) is 1. The highest BCUT2D eigenvalue weighted by Crippen LogP contribution is 2.28. The first kappa shape index (κ1) is 9.98. The molecule has 1 heterocycles. The van der Waals surface area contributed by atoms with Crippen LogP contribution in [0, 0.1) is 0 Å². The van der Waals surface area contributed by atoms with Crippen LogP contribution in [-0.2, 0) is 0 Å². The Hall–Kier alpha value is -1.55. The number of benzene rings is 1. The number of halogens is 1. The van der Waals surface area contributed by atoms with Crippen LogP contribution in [0.5, 0.6) is 0 Å². The highest BCUT2D eigenvalue weighted by molar-refractivity contribution is 9.10.